The second-order valence-electron chi connectivity index (χ2n) is 6.36. The highest BCUT2D eigenvalue weighted by molar-refractivity contribution is 14.0. The first-order chi connectivity index (χ1) is 10.7. The molecule has 0 aromatic rings. The van der Waals surface area contributed by atoms with Gasteiger partial charge < -0.3 is 20.0 Å². The van der Waals surface area contributed by atoms with Crippen LogP contribution in [0, 0.1) is 0 Å². The Morgan fingerprint density at radius 3 is 2.61 bits per heavy atom. The smallest absolute Gasteiger partial charge is 0.193 e. The van der Waals surface area contributed by atoms with Crippen molar-refractivity contribution in [3.63, 3.8) is 0 Å². The van der Waals surface area contributed by atoms with Crippen LogP contribution in [0.15, 0.2) is 4.99 Å². The Kier molecular flexibility index (Phi) is 14.2. The van der Waals surface area contributed by atoms with Crippen LogP contribution in [-0.2, 0) is 0 Å². The molecule has 138 valence electrons. The highest BCUT2D eigenvalue weighted by Crippen LogP contribution is 2.02. The lowest BCUT2D eigenvalue weighted by molar-refractivity contribution is 0.275. The van der Waals surface area contributed by atoms with Crippen molar-refractivity contribution in [2.24, 2.45) is 4.99 Å². The molecule has 0 unspecified atom stereocenters. The molecule has 0 atom stereocenters. The van der Waals surface area contributed by atoms with Gasteiger partial charge >= 0.3 is 0 Å². The van der Waals surface area contributed by atoms with Crippen LogP contribution in [0.2, 0.25) is 0 Å². The molecule has 1 heterocycles. The Hall–Kier alpha value is -0.0800. The number of likely N-dealkylation sites (N-methyl/N-ethyl adjacent to an activating group) is 1. The van der Waals surface area contributed by atoms with Crippen molar-refractivity contribution in [2.45, 2.75) is 39.5 Å². The molecule has 0 aromatic carbocycles. The van der Waals surface area contributed by atoms with Crippen molar-refractivity contribution in [2.75, 3.05) is 66.5 Å². The first kappa shape index (κ1) is 22.9. The first-order valence-corrected chi connectivity index (χ1v) is 9.07. The van der Waals surface area contributed by atoms with Gasteiger partial charge in [0, 0.05) is 39.8 Å². The number of aliphatic imine (C=N–C) groups is 1. The molecule has 1 N–H and O–H groups in total. The summed E-state index contributed by atoms with van der Waals surface area (Å²) in [6.45, 7) is 13.4. The summed E-state index contributed by atoms with van der Waals surface area (Å²) in [5.41, 5.74) is 0. The predicted molar refractivity (Wildman–Crippen MR) is 112 cm³/mol. The van der Waals surface area contributed by atoms with Crippen molar-refractivity contribution < 1.29 is 0 Å². The molecule has 0 aromatic heterocycles. The van der Waals surface area contributed by atoms with Gasteiger partial charge in [-0.2, -0.15) is 0 Å². The molecule has 0 spiro atoms. The van der Waals surface area contributed by atoms with E-state index < -0.39 is 0 Å². The van der Waals surface area contributed by atoms with Crippen molar-refractivity contribution in [3.05, 3.63) is 0 Å². The van der Waals surface area contributed by atoms with Gasteiger partial charge in [-0.25, -0.2) is 0 Å². The molecule has 6 heteroatoms. The van der Waals surface area contributed by atoms with Gasteiger partial charge in [0.1, 0.15) is 0 Å². The average Bonchev–Trinajstić information content (AvgIpc) is 2.72. The quantitative estimate of drug-likeness (QED) is 0.273. The van der Waals surface area contributed by atoms with Crippen LogP contribution in [-0.4, -0.2) is 87.1 Å². The topological polar surface area (TPSA) is 34.1 Å². The predicted octanol–water partition coefficient (Wildman–Crippen LogP) is 2.33. The van der Waals surface area contributed by atoms with E-state index in [1.54, 1.807) is 0 Å². The molecule has 0 aliphatic carbocycles. The van der Waals surface area contributed by atoms with Gasteiger partial charge in [-0.15, -0.1) is 24.0 Å². The van der Waals surface area contributed by atoms with E-state index >= 15 is 0 Å². The summed E-state index contributed by atoms with van der Waals surface area (Å²) in [7, 11) is 4.37. The van der Waals surface area contributed by atoms with E-state index in [4.69, 9.17) is 4.99 Å². The summed E-state index contributed by atoms with van der Waals surface area (Å²) < 4.78 is 0. The summed E-state index contributed by atoms with van der Waals surface area (Å²) >= 11 is 0. The zero-order chi connectivity index (χ0) is 16.2. The van der Waals surface area contributed by atoms with E-state index in [0.717, 1.165) is 32.0 Å². The molecule has 0 saturated carbocycles. The maximum absolute atomic E-state index is 4.78. The van der Waals surface area contributed by atoms with Crippen LogP contribution in [0.25, 0.3) is 0 Å². The third kappa shape index (κ3) is 10.4. The Morgan fingerprint density at radius 1 is 1.13 bits per heavy atom. The van der Waals surface area contributed by atoms with Gasteiger partial charge in [-0.1, -0.05) is 13.3 Å². The van der Waals surface area contributed by atoms with Crippen LogP contribution in [0.4, 0.5) is 0 Å². The van der Waals surface area contributed by atoms with Crippen molar-refractivity contribution in [3.8, 4) is 0 Å². The second-order valence-corrected chi connectivity index (χ2v) is 6.36. The Labute approximate surface area is 160 Å². The Bertz CT molecular complexity index is 311. The van der Waals surface area contributed by atoms with Crippen molar-refractivity contribution in [1.82, 2.24) is 20.0 Å². The van der Waals surface area contributed by atoms with Gasteiger partial charge in [0.2, 0.25) is 0 Å². The number of nitrogens with one attached hydrogen (secondary N) is 1. The standard InChI is InChI=1S/C17H37N5.HI/c1-5-7-12-21(4)17(18-6-2)19-10-8-13-22-14-9-11-20(3)15-16-22;/h5-16H2,1-4H3,(H,18,19);1H. The van der Waals surface area contributed by atoms with Crippen LogP contribution in [0.5, 0.6) is 0 Å². The molecule has 0 bridgehead atoms. The minimum Gasteiger partial charge on any atom is -0.357 e. The molecule has 1 rings (SSSR count). The number of unbranched alkanes of at least 4 members (excludes halogenated alkanes) is 1. The monoisotopic (exact) mass is 439 g/mol. The third-order valence-corrected chi connectivity index (χ3v) is 4.25. The fraction of sp³-hybridized carbons (Fsp3) is 0.941. The molecule has 1 fully saturated rings. The van der Waals surface area contributed by atoms with Gasteiger partial charge in [-0.05, 0) is 52.9 Å². The van der Waals surface area contributed by atoms with Gasteiger partial charge in [0.25, 0.3) is 0 Å². The van der Waals surface area contributed by atoms with Gasteiger partial charge in [0.05, 0.1) is 0 Å². The molecule has 1 aliphatic heterocycles. The molecule has 23 heavy (non-hydrogen) atoms. The van der Waals surface area contributed by atoms with Crippen molar-refractivity contribution in [1.29, 1.82) is 0 Å². The van der Waals surface area contributed by atoms with E-state index in [1.807, 2.05) is 0 Å². The molecule has 1 aliphatic rings. The molecule has 0 radical (unpaired) electrons. The van der Waals surface area contributed by atoms with Crippen LogP contribution in [0.3, 0.4) is 0 Å². The fourth-order valence-electron chi connectivity index (χ4n) is 2.77. The molecular formula is C17H38IN5. The lowest BCUT2D eigenvalue weighted by atomic mass is 10.3. The van der Waals surface area contributed by atoms with E-state index in [2.05, 4.69) is 48.0 Å². The van der Waals surface area contributed by atoms with Crippen molar-refractivity contribution >= 4 is 29.9 Å². The number of guanidine groups is 1. The van der Waals surface area contributed by atoms with E-state index in [-0.39, 0.29) is 24.0 Å². The summed E-state index contributed by atoms with van der Waals surface area (Å²) in [5.74, 6) is 1.06. The average molecular weight is 439 g/mol. The highest BCUT2D eigenvalue weighted by Gasteiger charge is 2.11. The molecule has 0 amide bonds. The number of halogens is 1. The lowest BCUT2D eigenvalue weighted by Crippen LogP contribution is -2.39. The summed E-state index contributed by atoms with van der Waals surface area (Å²) in [5, 5.41) is 3.40. The zero-order valence-electron chi connectivity index (χ0n) is 15.7. The largest absolute Gasteiger partial charge is 0.357 e. The Balaban J connectivity index is 0.00000484. The van der Waals surface area contributed by atoms with E-state index in [1.165, 1.54) is 52.0 Å². The number of hydrogen-bond acceptors (Lipinski definition) is 3. The normalized spacial score (nSPS) is 17.5. The highest BCUT2D eigenvalue weighted by atomic mass is 127. The minimum atomic E-state index is 0. The zero-order valence-corrected chi connectivity index (χ0v) is 18.0. The SMILES string of the molecule is CCCCN(C)C(=NCCCN1CCCN(C)CC1)NCC.I. The van der Waals surface area contributed by atoms with Crippen LogP contribution >= 0.6 is 24.0 Å². The van der Waals surface area contributed by atoms with E-state index in [9.17, 15) is 0 Å². The molecule has 5 nitrogen and oxygen atoms in total. The van der Waals surface area contributed by atoms with E-state index in [0.29, 0.717) is 0 Å². The number of rotatable bonds is 8. The Morgan fingerprint density at radius 2 is 1.91 bits per heavy atom. The molecule has 1 saturated heterocycles. The van der Waals surface area contributed by atoms with Gasteiger partial charge in [-0.3, -0.25) is 4.99 Å². The first-order valence-electron chi connectivity index (χ1n) is 9.07. The number of hydrogen-bond donors (Lipinski definition) is 1. The maximum Gasteiger partial charge on any atom is 0.193 e. The maximum atomic E-state index is 4.78. The van der Waals surface area contributed by atoms with Crippen LogP contribution < -0.4 is 5.32 Å². The summed E-state index contributed by atoms with van der Waals surface area (Å²) in [6, 6.07) is 0. The van der Waals surface area contributed by atoms with Crippen LogP contribution in [0.1, 0.15) is 39.5 Å². The third-order valence-electron chi connectivity index (χ3n) is 4.25. The molecular weight excluding hydrogens is 401 g/mol. The summed E-state index contributed by atoms with van der Waals surface area (Å²) in [4.78, 5) is 12.1. The fourth-order valence-corrected chi connectivity index (χ4v) is 2.77. The lowest BCUT2D eigenvalue weighted by Gasteiger charge is -2.22. The summed E-state index contributed by atoms with van der Waals surface area (Å²) in [6.07, 6.45) is 4.90. The number of nitrogens with zero attached hydrogens (tertiary/aromatic N) is 4. The minimum absolute atomic E-state index is 0. The second kappa shape index (κ2) is 14.3. The van der Waals surface area contributed by atoms with Gasteiger partial charge in [0.15, 0.2) is 5.96 Å².